The second-order valence-electron chi connectivity index (χ2n) is 8.93. The molecule has 4 atom stereocenters. The van der Waals surface area contributed by atoms with Crippen LogP contribution in [-0.4, -0.2) is 68.8 Å². The largest absolute Gasteiger partial charge is 0.462 e. The lowest BCUT2D eigenvalue weighted by atomic mass is 9.68. The van der Waals surface area contributed by atoms with Crippen LogP contribution in [0.4, 0.5) is 0 Å². The number of ether oxygens (including phenoxy) is 1. The van der Waals surface area contributed by atoms with Crippen LogP contribution in [0.15, 0.2) is 0 Å². The minimum Gasteiger partial charge on any atom is -0.462 e. The number of nitrogens with zero attached hydrogens (tertiary/aromatic N) is 2. The second kappa shape index (κ2) is 5.48. The fourth-order valence-corrected chi connectivity index (χ4v) is 5.75. The standard InChI is InChI=1S/C18H35N2O2/c1-9-22-14(21)12-20(7,8)16-15(19(5)6)13-10-11-18(16,4)17(13,2)3/h13,15-16H,9-12H2,1-8H3/q+1/t13-,15+,16+,18-/m0/s1. The van der Waals surface area contributed by atoms with Crippen LogP contribution in [0.25, 0.3) is 0 Å². The molecule has 0 radical (unpaired) electrons. The van der Waals surface area contributed by atoms with Crippen molar-refractivity contribution in [2.24, 2.45) is 16.7 Å². The first kappa shape index (κ1) is 17.7. The van der Waals surface area contributed by atoms with Gasteiger partial charge in [-0.2, -0.15) is 0 Å². The quantitative estimate of drug-likeness (QED) is 0.577. The van der Waals surface area contributed by atoms with Gasteiger partial charge in [0, 0.05) is 5.41 Å². The Balaban J connectivity index is 2.36. The number of carbonyl (C=O) groups is 1. The number of esters is 1. The van der Waals surface area contributed by atoms with Crippen molar-refractivity contribution in [3.05, 3.63) is 0 Å². The SMILES string of the molecule is CCOC(=O)C[N+](C)(C)[C@@H]1[C@H](N(C)C)[C@@H]2CC[C@]1(C)C2(C)C. The van der Waals surface area contributed by atoms with Crippen LogP contribution < -0.4 is 0 Å². The highest BCUT2D eigenvalue weighted by Crippen LogP contribution is 2.67. The fourth-order valence-electron chi connectivity index (χ4n) is 5.75. The first-order valence-corrected chi connectivity index (χ1v) is 8.63. The van der Waals surface area contributed by atoms with Gasteiger partial charge >= 0.3 is 5.97 Å². The summed E-state index contributed by atoms with van der Waals surface area (Å²) in [5.74, 6) is 0.631. The van der Waals surface area contributed by atoms with Gasteiger partial charge in [0.1, 0.15) is 6.04 Å². The van der Waals surface area contributed by atoms with Gasteiger partial charge in [0.2, 0.25) is 0 Å². The van der Waals surface area contributed by atoms with Crippen molar-refractivity contribution in [2.75, 3.05) is 41.3 Å². The molecule has 0 aliphatic heterocycles. The number of likely N-dealkylation sites (N-methyl/N-ethyl adjacent to an activating group) is 2. The van der Waals surface area contributed by atoms with Gasteiger partial charge < -0.3 is 14.1 Å². The molecule has 128 valence electrons. The van der Waals surface area contributed by atoms with Crippen LogP contribution in [-0.2, 0) is 9.53 Å². The molecular formula is C18H35N2O2+. The molecule has 0 amide bonds. The molecule has 0 spiro atoms. The molecule has 4 nitrogen and oxygen atoms in total. The minimum absolute atomic E-state index is 0.0748. The summed E-state index contributed by atoms with van der Waals surface area (Å²) in [6.45, 7) is 10.1. The highest BCUT2D eigenvalue weighted by Gasteiger charge is 2.71. The van der Waals surface area contributed by atoms with E-state index in [9.17, 15) is 4.79 Å². The zero-order valence-electron chi connectivity index (χ0n) is 15.8. The summed E-state index contributed by atoms with van der Waals surface area (Å²) in [4.78, 5) is 14.5. The van der Waals surface area contributed by atoms with Crippen LogP contribution in [0.1, 0.15) is 40.5 Å². The van der Waals surface area contributed by atoms with Crippen molar-refractivity contribution in [1.82, 2.24) is 4.90 Å². The van der Waals surface area contributed by atoms with E-state index in [2.05, 4.69) is 53.9 Å². The Bertz CT molecular complexity index is 444. The minimum atomic E-state index is -0.0748. The Morgan fingerprint density at radius 3 is 2.36 bits per heavy atom. The molecule has 0 N–H and O–H groups in total. The lowest BCUT2D eigenvalue weighted by Gasteiger charge is -2.50. The van der Waals surface area contributed by atoms with Crippen molar-refractivity contribution in [1.29, 1.82) is 0 Å². The number of quaternary nitrogens is 1. The average molecular weight is 311 g/mol. The maximum absolute atomic E-state index is 12.1. The Labute approximate surface area is 136 Å². The van der Waals surface area contributed by atoms with Gasteiger partial charge in [0.15, 0.2) is 6.54 Å². The van der Waals surface area contributed by atoms with Gasteiger partial charge in [-0.15, -0.1) is 0 Å². The summed E-state index contributed by atoms with van der Waals surface area (Å²) in [5.41, 5.74) is 0.583. The molecule has 2 fully saturated rings. The molecule has 0 aromatic heterocycles. The van der Waals surface area contributed by atoms with Crippen molar-refractivity contribution in [2.45, 2.75) is 52.6 Å². The van der Waals surface area contributed by atoms with Gasteiger partial charge in [0.05, 0.1) is 26.7 Å². The fraction of sp³-hybridized carbons (Fsp3) is 0.944. The van der Waals surface area contributed by atoms with E-state index in [1.807, 2.05) is 6.92 Å². The molecule has 2 aliphatic rings. The Morgan fingerprint density at radius 1 is 1.27 bits per heavy atom. The van der Waals surface area contributed by atoms with Crippen LogP contribution in [0.5, 0.6) is 0 Å². The summed E-state index contributed by atoms with van der Waals surface area (Å²) >= 11 is 0. The highest BCUT2D eigenvalue weighted by molar-refractivity contribution is 5.70. The number of rotatable bonds is 5. The van der Waals surface area contributed by atoms with Crippen LogP contribution in [0, 0.1) is 16.7 Å². The molecule has 2 saturated carbocycles. The normalized spacial score (nSPS) is 36.9. The number of carbonyl (C=O) groups excluding carboxylic acids is 1. The first-order valence-electron chi connectivity index (χ1n) is 8.63. The predicted octanol–water partition coefficient (Wildman–Crippen LogP) is 2.38. The molecule has 22 heavy (non-hydrogen) atoms. The van der Waals surface area contributed by atoms with E-state index in [4.69, 9.17) is 4.74 Å². The van der Waals surface area contributed by atoms with Gasteiger partial charge in [-0.3, -0.25) is 0 Å². The Morgan fingerprint density at radius 2 is 1.86 bits per heavy atom. The molecule has 0 unspecified atom stereocenters. The van der Waals surface area contributed by atoms with E-state index >= 15 is 0 Å². The van der Waals surface area contributed by atoms with Crippen molar-refractivity contribution < 1.29 is 14.0 Å². The Hall–Kier alpha value is -0.610. The van der Waals surface area contributed by atoms with Gasteiger partial charge in [-0.25, -0.2) is 4.79 Å². The number of hydrogen-bond acceptors (Lipinski definition) is 3. The average Bonchev–Trinajstić information content (AvgIpc) is 2.68. The van der Waals surface area contributed by atoms with E-state index in [1.165, 1.54) is 12.8 Å². The molecular weight excluding hydrogens is 276 g/mol. The summed E-state index contributed by atoms with van der Waals surface area (Å²) < 4.78 is 5.95. The van der Waals surface area contributed by atoms with E-state index in [-0.39, 0.29) is 11.4 Å². The molecule has 0 saturated heterocycles. The zero-order chi connectivity index (χ0) is 16.9. The highest BCUT2D eigenvalue weighted by atomic mass is 16.5. The van der Waals surface area contributed by atoms with Crippen molar-refractivity contribution in [3.63, 3.8) is 0 Å². The smallest absolute Gasteiger partial charge is 0.361 e. The summed E-state index contributed by atoms with van der Waals surface area (Å²) in [5, 5.41) is 0. The molecule has 0 aromatic carbocycles. The number of fused-ring (bicyclic) bond motifs is 2. The summed E-state index contributed by atoms with van der Waals surface area (Å²) in [6.07, 6.45) is 2.58. The molecule has 2 bridgehead atoms. The second-order valence-corrected chi connectivity index (χ2v) is 8.93. The van der Waals surface area contributed by atoms with Crippen LogP contribution >= 0.6 is 0 Å². The molecule has 2 rings (SSSR count). The van der Waals surface area contributed by atoms with Gasteiger partial charge in [-0.05, 0) is 45.2 Å². The topological polar surface area (TPSA) is 29.5 Å². The summed E-state index contributed by atoms with van der Waals surface area (Å²) in [6, 6.07) is 0.985. The van der Waals surface area contributed by atoms with Crippen LogP contribution in [0.3, 0.4) is 0 Å². The van der Waals surface area contributed by atoms with Gasteiger partial charge in [0.25, 0.3) is 0 Å². The van der Waals surface area contributed by atoms with E-state index in [1.54, 1.807) is 0 Å². The molecule has 2 aliphatic carbocycles. The maximum Gasteiger partial charge on any atom is 0.361 e. The molecule has 0 heterocycles. The molecule has 4 heteroatoms. The van der Waals surface area contributed by atoms with Crippen molar-refractivity contribution >= 4 is 5.97 Å². The van der Waals surface area contributed by atoms with E-state index in [0.29, 0.717) is 36.6 Å². The zero-order valence-corrected chi connectivity index (χ0v) is 15.8. The predicted molar refractivity (Wildman–Crippen MR) is 89.5 cm³/mol. The Kier molecular flexibility index (Phi) is 4.42. The third kappa shape index (κ3) is 2.39. The van der Waals surface area contributed by atoms with Crippen molar-refractivity contribution in [3.8, 4) is 0 Å². The lowest BCUT2D eigenvalue weighted by Crippen LogP contribution is -2.64. The summed E-state index contributed by atoms with van der Waals surface area (Å²) in [7, 11) is 8.81. The van der Waals surface area contributed by atoms with Gasteiger partial charge in [-0.1, -0.05) is 20.8 Å². The third-order valence-electron chi connectivity index (χ3n) is 6.95. The maximum atomic E-state index is 12.1. The first-order chi connectivity index (χ1) is 9.99. The number of hydrogen-bond donors (Lipinski definition) is 0. The third-order valence-corrected chi connectivity index (χ3v) is 6.95. The van der Waals surface area contributed by atoms with E-state index < -0.39 is 0 Å². The van der Waals surface area contributed by atoms with E-state index in [0.717, 1.165) is 4.48 Å². The molecule has 0 aromatic rings. The van der Waals surface area contributed by atoms with Crippen LogP contribution in [0.2, 0.25) is 0 Å². The lowest BCUT2D eigenvalue weighted by molar-refractivity contribution is -0.917. The monoisotopic (exact) mass is 311 g/mol.